The van der Waals surface area contributed by atoms with Gasteiger partial charge in [-0.1, -0.05) is 30.4 Å². The Labute approximate surface area is 170 Å². The number of hydrazone groups is 1. The maximum atomic E-state index is 13.1. The molecule has 0 saturated heterocycles. The summed E-state index contributed by atoms with van der Waals surface area (Å²) in [5, 5.41) is 19.6. The average Bonchev–Trinajstić information content (AvgIpc) is 3.22. The molecule has 0 bridgehead atoms. The first-order valence-electron chi connectivity index (χ1n) is 8.96. The number of hydrogen-bond donors (Lipinski definition) is 2. The summed E-state index contributed by atoms with van der Waals surface area (Å²) in [6, 6.07) is 13.6. The minimum absolute atomic E-state index is 0.0280. The molecule has 8 heteroatoms. The van der Waals surface area contributed by atoms with E-state index < -0.39 is 11.2 Å². The van der Waals surface area contributed by atoms with Crippen molar-refractivity contribution in [1.29, 1.82) is 0 Å². The number of aromatic hydroxyl groups is 1. The van der Waals surface area contributed by atoms with Gasteiger partial charge in [0.1, 0.15) is 11.3 Å². The molecule has 2 aliphatic heterocycles. The van der Waals surface area contributed by atoms with E-state index in [0.717, 1.165) is 5.39 Å². The molecular weight excluding hydrogens is 390 g/mol. The van der Waals surface area contributed by atoms with Gasteiger partial charge in [-0.15, -0.1) is 0 Å². The van der Waals surface area contributed by atoms with Gasteiger partial charge in [0.05, 0.1) is 16.3 Å². The van der Waals surface area contributed by atoms with Gasteiger partial charge in [-0.05, 0) is 37.3 Å². The van der Waals surface area contributed by atoms with E-state index in [1.165, 1.54) is 17.1 Å². The molecule has 3 aromatic rings. The zero-order chi connectivity index (χ0) is 20.3. The van der Waals surface area contributed by atoms with Gasteiger partial charge in [-0.2, -0.15) is 5.10 Å². The van der Waals surface area contributed by atoms with Crippen molar-refractivity contribution in [1.82, 2.24) is 5.01 Å². The van der Waals surface area contributed by atoms with Crippen LogP contribution in [0.25, 0.3) is 11.0 Å². The molecule has 3 heterocycles. The fourth-order valence-corrected chi connectivity index (χ4v) is 4.22. The Bertz CT molecular complexity index is 1310. The Morgan fingerprint density at radius 2 is 2.03 bits per heavy atom. The van der Waals surface area contributed by atoms with E-state index >= 15 is 0 Å². The standard InChI is InChI=1S/C21H15N3O4S/c1-11(29)24-21(15-9-13(25)6-7-16(15)22-20(21)27)10-17(23-24)14-8-12-4-2-3-5-18(12)28-19(14)26/h2-9,25H,10H2,1H3,(H,22,27). The summed E-state index contributed by atoms with van der Waals surface area (Å²) in [7, 11) is 0. The molecule has 1 atom stereocenters. The number of para-hydroxylation sites is 1. The van der Waals surface area contributed by atoms with Crippen LogP contribution >= 0.6 is 12.2 Å². The van der Waals surface area contributed by atoms with Crippen LogP contribution in [0.5, 0.6) is 5.75 Å². The lowest BCUT2D eigenvalue weighted by Crippen LogP contribution is -2.47. The number of anilines is 1. The second kappa shape index (κ2) is 5.99. The summed E-state index contributed by atoms with van der Waals surface area (Å²) < 4.78 is 5.44. The van der Waals surface area contributed by atoms with Crippen LogP contribution in [0.2, 0.25) is 0 Å². The smallest absolute Gasteiger partial charge is 0.345 e. The van der Waals surface area contributed by atoms with Crippen molar-refractivity contribution in [3.05, 3.63) is 70.1 Å². The Morgan fingerprint density at radius 3 is 2.83 bits per heavy atom. The molecule has 2 aliphatic rings. The molecule has 0 radical (unpaired) electrons. The van der Waals surface area contributed by atoms with Crippen LogP contribution in [0.4, 0.5) is 5.69 Å². The third-order valence-electron chi connectivity index (χ3n) is 5.33. The van der Waals surface area contributed by atoms with Crippen molar-refractivity contribution in [3.8, 4) is 5.75 Å². The first kappa shape index (κ1) is 17.6. The summed E-state index contributed by atoms with van der Waals surface area (Å²) in [5.74, 6) is -0.286. The van der Waals surface area contributed by atoms with E-state index in [9.17, 15) is 14.7 Å². The van der Waals surface area contributed by atoms with E-state index in [1.807, 2.05) is 12.1 Å². The van der Waals surface area contributed by atoms with Crippen LogP contribution in [-0.2, 0) is 10.3 Å². The van der Waals surface area contributed by atoms with Crippen LogP contribution in [-0.4, -0.2) is 26.7 Å². The predicted molar refractivity (Wildman–Crippen MR) is 112 cm³/mol. The number of phenols is 1. The Kier molecular flexibility index (Phi) is 3.63. The topological polar surface area (TPSA) is 95.1 Å². The molecule has 1 spiro atoms. The number of phenolic OH excluding ortho intramolecular Hbond substituents is 1. The molecule has 5 rings (SSSR count). The minimum atomic E-state index is -1.26. The van der Waals surface area contributed by atoms with Crippen molar-refractivity contribution in [2.24, 2.45) is 5.10 Å². The van der Waals surface area contributed by atoms with Crippen molar-refractivity contribution >= 4 is 45.5 Å². The first-order chi connectivity index (χ1) is 13.9. The number of amides is 1. The summed E-state index contributed by atoms with van der Waals surface area (Å²) in [5.41, 5.74) is 0.519. The van der Waals surface area contributed by atoms with Crippen LogP contribution in [0.15, 0.2) is 62.8 Å². The normalized spacial score (nSPS) is 20.1. The van der Waals surface area contributed by atoms with Gasteiger partial charge in [-0.25, -0.2) is 9.80 Å². The summed E-state index contributed by atoms with van der Waals surface area (Å²) in [6.07, 6.45) is 0.117. The van der Waals surface area contributed by atoms with Crippen molar-refractivity contribution in [3.63, 3.8) is 0 Å². The van der Waals surface area contributed by atoms with Crippen LogP contribution in [0.3, 0.4) is 0 Å². The van der Waals surface area contributed by atoms with Crippen LogP contribution in [0, 0.1) is 0 Å². The molecule has 29 heavy (non-hydrogen) atoms. The lowest BCUT2D eigenvalue weighted by atomic mass is 9.85. The van der Waals surface area contributed by atoms with Gasteiger partial charge < -0.3 is 14.8 Å². The number of carbonyl (C=O) groups is 1. The third kappa shape index (κ3) is 2.42. The number of hydrogen-bond acceptors (Lipinski definition) is 6. The lowest BCUT2D eigenvalue weighted by Gasteiger charge is -2.31. The molecule has 2 N–H and O–H groups in total. The van der Waals surface area contributed by atoms with Crippen LogP contribution < -0.4 is 10.9 Å². The maximum absolute atomic E-state index is 13.1. The van der Waals surface area contributed by atoms with Gasteiger partial charge in [0.2, 0.25) is 0 Å². The van der Waals surface area contributed by atoms with E-state index in [-0.39, 0.29) is 23.6 Å². The van der Waals surface area contributed by atoms with Crippen molar-refractivity contribution < 1.29 is 14.3 Å². The number of fused-ring (bicyclic) bond motifs is 3. The number of carbonyl (C=O) groups excluding carboxylic acids is 1. The quantitative estimate of drug-likeness (QED) is 0.367. The summed E-state index contributed by atoms with van der Waals surface area (Å²) in [4.78, 5) is 26.1. The van der Waals surface area contributed by atoms with E-state index in [4.69, 9.17) is 16.6 Å². The molecule has 7 nitrogen and oxygen atoms in total. The highest BCUT2D eigenvalue weighted by Crippen LogP contribution is 2.48. The third-order valence-corrected chi connectivity index (χ3v) is 5.50. The van der Waals surface area contributed by atoms with E-state index in [0.29, 0.717) is 27.5 Å². The molecular formula is C21H15N3O4S. The van der Waals surface area contributed by atoms with Gasteiger partial charge in [0.25, 0.3) is 5.91 Å². The lowest BCUT2D eigenvalue weighted by molar-refractivity contribution is -0.124. The number of nitrogens with zero attached hydrogens (tertiary/aromatic N) is 2. The molecule has 0 aliphatic carbocycles. The Balaban J connectivity index is 1.70. The van der Waals surface area contributed by atoms with Crippen LogP contribution in [0.1, 0.15) is 24.5 Å². The summed E-state index contributed by atoms with van der Waals surface area (Å²) >= 11 is 5.37. The highest BCUT2D eigenvalue weighted by atomic mass is 32.1. The van der Waals surface area contributed by atoms with Crippen molar-refractivity contribution in [2.75, 3.05) is 5.32 Å². The van der Waals surface area contributed by atoms with Gasteiger partial charge in [-0.3, -0.25) is 4.79 Å². The Morgan fingerprint density at radius 1 is 1.24 bits per heavy atom. The highest BCUT2D eigenvalue weighted by Gasteiger charge is 2.56. The van der Waals surface area contributed by atoms with Gasteiger partial charge in [0.15, 0.2) is 5.54 Å². The molecule has 144 valence electrons. The fraction of sp³-hybridized carbons (Fsp3) is 0.143. The SMILES string of the molecule is CC(=S)N1N=C(c2cc3ccccc3oc2=O)CC12C(=O)Nc1ccc(O)cc12. The average molecular weight is 405 g/mol. The Hall–Kier alpha value is -3.52. The zero-order valence-corrected chi connectivity index (χ0v) is 16.1. The predicted octanol–water partition coefficient (Wildman–Crippen LogP) is 3.10. The molecule has 1 unspecified atom stereocenters. The molecule has 1 amide bonds. The van der Waals surface area contributed by atoms with E-state index in [1.54, 1.807) is 31.2 Å². The summed E-state index contributed by atoms with van der Waals surface area (Å²) in [6.45, 7) is 1.67. The maximum Gasteiger partial charge on any atom is 0.345 e. The molecule has 0 saturated carbocycles. The van der Waals surface area contributed by atoms with Crippen molar-refractivity contribution in [2.45, 2.75) is 18.9 Å². The fourth-order valence-electron chi connectivity index (χ4n) is 4.03. The number of thiocarbonyl (C=S) groups is 1. The largest absolute Gasteiger partial charge is 0.508 e. The second-order valence-corrected chi connectivity index (χ2v) is 7.67. The van der Waals surface area contributed by atoms with Gasteiger partial charge in [0, 0.05) is 23.1 Å². The number of benzene rings is 2. The minimum Gasteiger partial charge on any atom is -0.508 e. The monoisotopic (exact) mass is 405 g/mol. The molecule has 2 aromatic carbocycles. The highest BCUT2D eigenvalue weighted by molar-refractivity contribution is 7.80. The van der Waals surface area contributed by atoms with E-state index in [2.05, 4.69) is 10.4 Å². The second-order valence-electron chi connectivity index (χ2n) is 7.08. The first-order valence-corrected chi connectivity index (χ1v) is 9.37. The zero-order valence-electron chi connectivity index (χ0n) is 15.3. The van der Waals surface area contributed by atoms with Gasteiger partial charge >= 0.3 is 5.63 Å². The molecule has 0 fully saturated rings. The molecule has 1 aromatic heterocycles. The number of rotatable bonds is 1. The number of nitrogens with one attached hydrogen (secondary N) is 1.